The summed E-state index contributed by atoms with van der Waals surface area (Å²) in [7, 11) is 0. The van der Waals surface area contributed by atoms with Gasteiger partial charge in [-0.25, -0.2) is 4.79 Å². The number of nitrogens with two attached hydrogens (primary N) is 1. The third-order valence-electron chi connectivity index (χ3n) is 3.46. The summed E-state index contributed by atoms with van der Waals surface area (Å²) in [6, 6.07) is 14.4. The van der Waals surface area contributed by atoms with Crippen molar-refractivity contribution in [2.75, 3.05) is 0 Å². The smallest absolute Gasteiger partial charge is 0.428 e. The number of hydrogen-bond donors (Lipinski definition) is 1. The molecule has 2 N–H and O–H groups in total. The van der Waals surface area contributed by atoms with Gasteiger partial charge in [0.2, 0.25) is 0 Å². The van der Waals surface area contributed by atoms with Crippen LogP contribution in [-0.2, 0) is 14.3 Å². The molecule has 0 amide bonds. The number of thioether (sulfide) groups is 1. The Kier molecular flexibility index (Phi) is 7.06. The molecule has 0 aliphatic carbocycles. The van der Waals surface area contributed by atoms with Gasteiger partial charge in [-0.05, 0) is 56.5 Å². The minimum absolute atomic E-state index is 0.130. The standard InChI is InChI=1S/C20H25NO4S/c1-20(2,3)25-19(23)24-18(22)10-6-9-17(21)26-16-12-11-14-7-4-5-8-15(14)13-16/h4-5,7-8,11-13,17H,6,9-10,21H2,1-3H3. The van der Waals surface area contributed by atoms with Crippen LogP contribution in [0, 0.1) is 0 Å². The fraction of sp³-hybridized carbons (Fsp3) is 0.400. The summed E-state index contributed by atoms with van der Waals surface area (Å²) < 4.78 is 9.57. The molecule has 26 heavy (non-hydrogen) atoms. The molecular formula is C20H25NO4S. The van der Waals surface area contributed by atoms with Crippen molar-refractivity contribution < 1.29 is 19.1 Å². The van der Waals surface area contributed by atoms with E-state index in [0.717, 1.165) is 4.90 Å². The van der Waals surface area contributed by atoms with Crippen LogP contribution in [0.3, 0.4) is 0 Å². The molecule has 2 aromatic rings. The average Bonchev–Trinajstić information content (AvgIpc) is 2.52. The topological polar surface area (TPSA) is 78.6 Å². The van der Waals surface area contributed by atoms with Crippen LogP contribution in [0.5, 0.6) is 0 Å². The molecule has 0 radical (unpaired) electrons. The van der Waals surface area contributed by atoms with Gasteiger partial charge in [0.25, 0.3) is 0 Å². The van der Waals surface area contributed by atoms with Crippen molar-refractivity contribution in [1.29, 1.82) is 0 Å². The summed E-state index contributed by atoms with van der Waals surface area (Å²) in [4.78, 5) is 24.2. The van der Waals surface area contributed by atoms with E-state index in [2.05, 4.69) is 29.0 Å². The van der Waals surface area contributed by atoms with Crippen LogP contribution in [0.4, 0.5) is 4.79 Å². The summed E-state index contributed by atoms with van der Waals surface area (Å²) >= 11 is 1.57. The molecule has 0 heterocycles. The van der Waals surface area contributed by atoms with Gasteiger partial charge in [-0.3, -0.25) is 4.79 Å². The first kappa shape index (κ1) is 20.3. The quantitative estimate of drug-likeness (QED) is 0.336. The molecule has 0 aliphatic rings. The summed E-state index contributed by atoms with van der Waals surface area (Å²) in [6.45, 7) is 5.13. The summed E-state index contributed by atoms with van der Waals surface area (Å²) in [5.41, 5.74) is 5.46. The average molecular weight is 375 g/mol. The maximum absolute atomic E-state index is 11.7. The van der Waals surface area contributed by atoms with Crippen LogP contribution in [0.1, 0.15) is 40.0 Å². The van der Waals surface area contributed by atoms with Gasteiger partial charge < -0.3 is 15.2 Å². The van der Waals surface area contributed by atoms with E-state index in [0.29, 0.717) is 12.8 Å². The Morgan fingerprint density at radius 3 is 2.50 bits per heavy atom. The maximum Gasteiger partial charge on any atom is 0.516 e. The van der Waals surface area contributed by atoms with E-state index in [1.54, 1.807) is 32.5 Å². The lowest BCUT2D eigenvalue weighted by molar-refractivity contribution is -0.141. The molecule has 0 fully saturated rings. The number of carbonyl (C=O) groups is 2. The van der Waals surface area contributed by atoms with Crippen LogP contribution in [-0.4, -0.2) is 23.1 Å². The number of rotatable bonds is 6. The number of hydrogen-bond acceptors (Lipinski definition) is 6. The lowest BCUT2D eigenvalue weighted by Crippen LogP contribution is -2.26. The predicted octanol–water partition coefficient (Wildman–Crippen LogP) is 4.87. The van der Waals surface area contributed by atoms with Gasteiger partial charge in [0.15, 0.2) is 0 Å². The summed E-state index contributed by atoms with van der Waals surface area (Å²) in [5, 5.41) is 2.23. The largest absolute Gasteiger partial charge is 0.516 e. The van der Waals surface area contributed by atoms with E-state index >= 15 is 0 Å². The summed E-state index contributed by atoms with van der Waals surface area (Å²) in [5.74, 6) is -0.595. The second kappa shape index (κ2) is 9.05. The maximum atomic E-state index is 11.7. The Bertz CT molecular complexity index is 770. The SMILES string of the molecule is CC(C)(C)OC(=O)OC(=O)CCCC(N)Sc1ccc2ccccc2c1. The minimum atomic E-state index is -0.961. The number of ether oxygens (including phenoxy) is 2. The lowest BCUT2D eigenvalue weighted by Gasteiger charge is -2.18. The normalized spacial score (nSPS) is 12.6. The summed E-state index contributed by atoms with van der Waals surface area (Å²) in [6.07, 6.45) is 0.354. The zero-order chi connectivity index (χ0) is 19.2. The highest BCUT2D eigenvalue weighted by atomic mass is 32.2. The van der Waals surface area contributed by atoms with Crippen molar-refractivity contribution in [3.05, 3.63) is 42.5 Å². The third kappa shape index (κ3) is 7.06. The van der Waals surface area contributed by atoms with E-state index in [1.165, 1.54) is 10.8 Å². The molecule has 0 aromatic heterocycles. The molecule has 0 spiro atoms. The van der Waals surface area contributed by atoms with Crippen molar-refractivity contribution in [2.24, 2.45) is 5.73 Å². The molecular weight excluding hydrogens is 350 g/mol. The second-order valence-corrected chi connectivity index (χ2v) is 8.31. The fourth-order valence-electron chi connectivity index (χ4n) is 2.34. The first-order valence-corrected chi connectivity index (χ1v) is 9.45. The highest BCUT2D eigenvalue weighted by molar-refractivity contribution is 7.99. The van der Waals surface area contributed by atoms with Crippen LogP contribution in [0.2, 0.25) is 0 Å². The number of fused-ring (bicyclic) bond motifs is 1. The highest BCUT2D eigenvalue weighted by Gasteiger charge is 2.20. The first-order valence-electron chi connectivity index (χ1n) is 8.58. The van der Waals surface area contributed by atoms with Gasteiger partial charge in [0.05, 0.1) is 5.37 Å². The van der Waals surface area contributed by atoms with Crippen LogP contribution < -0.4 is 5.73 Å². The van der Waals surface area contributed by atoms with E-state index in [4.69, 9.17) is 10.5 Å². The van der Waals surface area contributed by atoms with Crippen LogP contribution in [0.25, 0.3) is 10.8 Å². The Balaban J connectivity index is 1.73. The van der Waals surface area contributed by atoms with Gasteiger partial charge in [-0.2, -0.15) is 0 Å². The van der Waals surface area contributed by atoms with Crippen molar-refractivity contribution in [2.45, 2.75) is 55.9 Å². The Morgan fingerprint density at radius 1 is 1.12 bits per heavy atom. The van der Waals surface area contributed by atoms with Crippen molar-refractivity contribution in [3.8, 4) is 0 Å². The molecule has 0 aliphatic heterocycles. The zero-order valence-corrected chi connectivity index (χ0v) is 16.2. The first-order chi connectivity index (χ1) is 12.2. The van der Waals surface area contributed by atoms with E-state index < -0.39 is 17.7 Å². The Morgan fingerprint density at radius 2 is 1.81 bits per heavy atom. The van der Waals surface area contributed by atoms with Crippen molar-refractivity contribution in [1.82, 2.24) is 0 Å². The molecule has 1 atom stereocenters. The van der Waals surface area contributed by atoms with E-state index in [9.17, 15) is 9.59 Å². The molecule has 0 saturated carbocycles. The van der Waals surface area contributed by atoms with Gasteiger partial charge in [-0.15, -0.1) is 11.8 Å². The number of benzene rings is 2. The van der Waals surface area contributed by atoms with Gasteiger partial charge in [0.1, 0.15) is 5.60 Å². The Hall–Kier alpha value is -2.05. The molecule has 140 valence electrons. The lowest BCUT2D eigenvalue weighted by atomic mass is 10.1. The molecule has 2 rings (SSSR count). The third-order valence-corrected chi connectivity index (χ3v) is 4.53. The minimum Gasteiger partial charge on any atom is -0.428 e. The molecule has 5 nitrogen and oxygen atoms in total. The fourth-order valence-corrected chi connectivity index (χ4v) is 3.31. The number of esters is 1. The monoisotopic (exact) mass is 375 g/mol. The van der Waals surface area contributed by atoms with Gasteiger partial charge in [-0.1, -0.05) is 30.3 Å². The zero-order valence-electron chi connectivity index (χ0n) is 15.4. The van der Waals surface area contributed by atoms with Crippen LogP contribution >= 0.6 is 11.8 Å². The highest BCUT2D eigenvalue weighted by Crippen LogP contribution is 2.27. The molecule has 0 bridgehead atoms. The van der Waals surface area contributed by atoms with Gasteiger partial charge in [0, 0.05) is 11.3 Å². The van der Waals surface area contributed by atoms with Gasteiger partial charge >= 0.3 is 12.1 Å². The number of carbonyl (C=O) groups excluding carboxylic acids is 2. The van der Waals surface area contributed by atoms with Crippen molar-refractivity contribution in [3.63, 3.8) is 0 Å². The predicted molar refractivity (Wildman–Crippen MR) is 104 cm³/mol. The molecule has 6 heteroatoms. The molecule has 1 unspecified atom stereocenters. The molecule has 2 aromatic carbocycles. The van der Waals surface area contributed by atoms with E-state index in [-0.39, 0.29) is 11.8 Å². The van der Waals surface area contributed by atoms with Crippen molar-refractivity contribution >= 4 is 34.7 Å². The van der Waals surface area contributed by atoms with E-state index in [1.807, 2.05) is 18.2 Å². The second-order valence-electron chi connectivity index (χ2n) is 7.00. The van der Waals surface area contributed by atoms with Crippen LogP contribution in [0.15, 0.2) is 47.4 Å². The Labute approximate surface area is 158 Å². The molecule has 0 saturated heterocycles.